The summed E-state index contributed by atoms with van der Waals surface area (Å²) in [4.78, 5) is 14.6. The Kier molecular flexibility index (Phi) is 6.73. The van der Waals surface area contributed by atoms with Crippen molar-refractivity contribution in [2.24, 2.45) is 0 Å². The number of aliphatic hydroxyl groups is 1. The van der Waals surface area contributed by atoms with Crippen molar-refractivity contribution in [2.75, 3.05) is 13.1 Å². The van der Waals surface area contributed by atoms with E-state index >= 15 is 0 Å². The van der Waals surface area contributed by atoms with Crippen LogP contribution < -0.4 is 0 Å². The van der Waals surface area contributed by atoms with Crippen LogP contribution in [0.1, 0.15) is 38.3 Å². The van der Waals surface area contributed by atoms with Gasteiger partial charge in [0.2, 0.25) is 0 Å². The molecule has 134 valence electrons. The number of benzene rings is 2. The number of ether oxygens (including phenoxy) is 1. The van der Waals surface area contributed by atoms with E-state index in [1.54, 1.807) is 0 Å². The van der Waals surface area contributed by atoms with Gasteiger partial charge in [-0.2, -0.15) is 0 Å². The molecular formula is C21H27NO3. The summed E-state index contributed by atoms with van der Waals surface area (Å²) >= 11 is 0. The Morgan fingerprint density at radius 1 is 1.00 bits per heavy atom. The number of esters is 1. The Hall–Kier alpha value is -2.17. The van der Waals surface area contributed by atoms with E-state index in [-0.39, 0.29) is 12.6 Å². The maximum atomic E-state index is 12.5. The van der Waals surface area contributed by atoms with E-state index in [2.05, 4.69) is 0 Å². The van der Waals surface area contributed by atoms with E-state index in [1.807, 2.05) is 86.3 Å². The maximum absolute atomic E-state index is 12.5. The number of rotatable bonds is 8. The van der Waals surface area contributed by atoms with Crippen LogP contribution in [0.3, 0.4) is 0 Å². The Morgan fingerprint density at radius 2 is 1.44 bits per heavy atom. The average Bonchev–Trinajstić information content (AvgIpc) is 2.64. The van der Waals surface area contributed by atoms with Crippen LogP contribution in [0.4, 0.5) is 0 Å². The van der Waals surface area contributed by atoms with Gasteiger partial charge in [-0.3, -0.25) is 9.69 Å². The molecule has 0 saturated carbocycles. The minimum atomic E-state index is -1.41. The largest absolute Gasteiger partial charge is 0.447 e. The molecule has 0 aliphatic heterocycles. The molecule has 0 spiro atoms. The molecule has 0 saturated heterocycles. The summed E-state index contributed by atoms with van der Waals surface area (Å²) in [6, 6.07) is 18.5. The van der Waals surface area contributed by atoms with Crippen LogP contribution in [-0.4, -0.2) is 35.3 Å². The van der Waals surface area contributed by atoms with Gasteiger partial charge in [0.25, 0.3) is 0 Å². The Bertz CT molecular complexity index is 614. The molecule has 0 fully saturated rings. The second-order valence-corrected chi connectivity index (χ2v) is 6.08. The fraction of sp³-hybridized carbons (Fsp3) is 0.381. The summed E-state index contributed by atoms with van der Waals surface area (Å²) in [7, 11) is 0. The standard InChI is InChI=1S/C21H27NO3/c1-4-22(5-2)17(3)25-20(23)16-21(24,18-12-8-6-9-13-18)19-14-10-7-11-15-19/h6-15,17,24H,4-5,16H2,1-3H3. The smallest absolute Gasteiger partial charge is 0.311 e. The number of hydrogen-bond donors (Lipinski definition) is 1. The Labute approximate surface area is 150 Å². The van der Waals surface area contributed by atoms with Gasteiger partial charge in [-0.15, -0.1) is 0 Å². The molecule has 25 heavy (non-hydrogen) atoms. The zero-order chi connectivity index (χ0) is 18.3. The molecule has 0 bridgehead atoms. The minimum Gasteiger partial charge on any atom is -0.447 e. The first-order chi connectivity index (χ1) is 12.0. The van der Waals surface area contributed by atoms with Crippen LogP contribution in [-0.2, 0) is 15.1 Å². The van der Waals surface area contributed by atoms with Gasteiger partial charge in [0, 0.05) is 0 Å². The van der Waals surface area contributed by atoms with Crippen LogP contribution in [0, 0.1) is 0 Å². The quantitative estimate of drug-likeness (QED) is 0.589. The molecule has 4 nitrogen and oxygen atoms in total. The van der Waals surface area contributed by atoms with E-state index in [1.165, 1.54) is 0 Å². The second kappa shape index (κ2) is 8.79. The number of carbonyl (C=O) groups is 1. The van der Waals surface area contributed by atoms with Gasteiger partial charge in [0.1, 0.15) is 5.60 Å². The first kappa shape index (κ1) is 19.2. The predicted octanol–water partition coefficient (Wildman–Crippen LogP) is 3.54. The summed E-state index contributed by atoms with van der Waals surface area (Å²) in [6.45, 7) is 7.50. The van der Waals surface area contributed by atoms with Crippen LogP contribution in [0.15, 0.2) is 60.7 Å². The van der Waals surface area contributed by atoms with Crippen molar-refractivity contribution in [1.82, 2.24) is 4.90 Å². The lowest BCUT2D eigenvalue weighted by molar-refractivity contribution is -0.161. The highest BCUT2D eigenvalue weighted by Crippen LogP contribution is 2.33. The van der Waals surface area contributed by atoms with Crippen molar-refractivity contribution in [3.05, 3.63) is 71.8 Å². The number of hydrogen-bond acceptors (Lipinski definition) is 4. The molecule has 0 radical (unpaired) electrons. The Balaban J connectivity index is 2.24. The molecule has 0 aromatic heterocycles. The van der Waals surface area contributed by atoms with Gasteiger partial charge in [0.15, 0.2) is 6.23 Å². The molecule has 0 amide bonds. The predicted molar refractivity (Wildman–Crippen MR) is 99.0 cm³/mol. The monoisotopic (exact) mass is 341 g/mol. The van der Waals surface area contributed by atoms with Gasteiger partial charge in [-0.25, -0.2) is 0 Å². The third kappa shape index (κ3) is 4.68. The fourth-order valence-corrected chi connectivity index (χ4v) is 3.05. The second-order valence-electron chi connectivity index (χ2n) is 6.08. The topological polar surface area (TPSA) is 49.8 Å². The molecule has 2 aromatic carbocycles. The number of nitrogens with zero attached hydrogens (tertiary/aromatic N) is 1. The summed E-state index contributed by atoms with van der Waals surface area (Å²) in [5.74, 6) is -0.422. The third-order valence-electron chi connectivity index (χ3n) is 4.53. The fourth-order valence-electron chi connectivity index (χ4n) is 3.05. The van der Waals surface area contributed by atoms with Crippen molar-refractivity contribution in [2.45, 2.75) is 39.0 Å². The zero-order valence-electron chi connectivity index (χ0n) is 15.2. The van der Waals surface area contributed by atoms with Gasteiger partial charge >= 0.3 is 5.97 Å². The summed E-state index contributed by atoms with van der Waals surface area (Å²) in [5, 5.41) is 11.4. The van der Waals surface area contributed by atoms with Crippen molar-refractivity contribution >= 4 is 5.97 Å². The average molecular weight is 341 g/mol. The summed E-state index contributed by atoms with van der Waals surface area (Å²) in [6.07, 6.45) is -0.453. The van der Waals surface area contributed by atoms with Crippen molar-refractivity contribution in [1.29, 1.82) is 0 Å². The van der Waals surface area contributed by atoms with Crippen molar-refractivity contribution < 1.29 is 14.6 Å². The highest BCUT2D eigenvalue weighted by molar-refractivity contribution is 5.72. The normalized spacial score (nSPS) is 12.8. The first-order valence-corrected chi connectivity index (χ1v) is 8.78. The lowest BCUT2D eigenvalue weighted by atomic mass is 9.83. The summed E-state index contributed by atoms with van der Waals surface area (Å²) < 4.78 is 5.56. The lowest BCUT2D eigenvalue weighted by Gasteiger charge is -2.31. The minimum absolute atomic E-state index is 0.132. The first-order valence-electron chi connectivity index (χ1n) is 8.78. The van der Waals surface area contributed by atoms with E-state index in [9.17, 15) is 9.90 Å². The molecule has 2 aromatic rings. The van der Waals surface area contributed by atoms with Gasteiger partial charge in [-0.05, 0) is 31.1 Å². The Morgan fingerprint density at radius 3 is 1.84 bits per heavy atom. The van der Waals surface area contributed by atoms with Crippen LogP contribution >= 0.6 is 0 Å². The molecule has 4 heteroatoms. The molecule has 0 aliphatic rings. The highest BCUT2D eigenvalue weighted by Gasteiger charge is 2.35. The van der Waals surface area contributed by atoms with Crippen LogP contribution in [0.5, 0.6) is 0 Å². The number of carbonyl (C=O) groups excluding carboxylic acids is 1. The van der Waals surface area contributed by atoms with Gasteiger partial charge < -0.3 is 9.84 Å². The summed E-state index contributed by atoms with van der Waals surface area (Å²) in [5.41, 5.74) is -0.0648. The third-order valence-corrected chi connectivity index (χ3v) is 4.53. The van der Waals surface area contributed by atoms with Gasteiger partial charge in [-0.1, -0.05) is 74.5 Å². The lowest BCUT2D eigenvalue weighted by Crippen LogP contribution is -2.38. The maximum Gasteiger partial charge on any atom is 0.311 e. The van der Waals surface area contributed by atoms with E-state index < -0.39 is 11.6 Å². The van der Waals surface area contributed by atoms with E-state index in [0.717, 1.165) is 13.1 Å². The van der Waals surface area contributed by atoms with Gasteiger partial charge in [0.05, 0.1) is 6.42 Å². The molecule has 2 rings (SSSR count). The molecule has 0 aliphatic carbocycles. The van der Waals surface area contributed by atoms with E-state index in [4.69, 9.17) is 4.74 Å². The highest BCUT2D eigenvalue weighted by atomic mass is 16.6. The molecule has 1 unspecified atom stereocenters. The van der Waals surface area contributed by atoms with E-state index in [0.29, 0.717) is 11.1 Å². The van der Waals surface area contributed by atoms with Crippen LogP contribution in [0.2, 0.25) is 0 Å². The van der Waals surface area contributed by atoms with Crippen molar-refractivity contribution in [3.63, 3.8) is 0 Å². The molecule has 0 heterocycles. The zero-order valence-corrected chi connectivity index (χ0v) is 15.2. The van der Waals surface area contributed by atoms with Crippen LogP contribution in [0.25, 0.3) is 0 Å². The molecule has 1 N–H and O–H groups in total. The SMILES string of the molecule is CCN(CC)C(C)OC(=O)CC(O)(c1ccccc1)c1ccccc1. The molecule has 1 atom stereocenters. The van der Waals surface area contributed by atoms with Crippen molar-refractivity contribution in [3.8, 4) is 0 Å². The molecular weight excluding hydrogens is 314 g/mol.